The van der Waals surface area contributed by atoms with Crippen LogP contribution in [0.3, 0.4) is 0 Å². The van der Waals surface area contributed by atoms with Crippen LogP contribution in [-0.2, 0) is 32.9 Å². The van der Waals surface area contributed by atoms with Gasteiger partial charge in [-0.3, -0.25) is 0 Å². The fourth-order valence-corrected chi connectivity index (χ4v) is 11.5. The van der Waals surface area contributed by atoms with Crippen LogP contribution in [0.1, 0.15) is 123 Å². The number of aryl methyl sites for hydroxylation is 2. The summed E-state index contributed by atoms with van der Waals surface area (Å²) in [4.78, 5) is 23.1. The number of ether oxygens (including phenoxy) is 1. The summed E-state index contributed by atoms with van der Waals surface area (Å²) in [7, 11) is -1.36. The molecule has 3 atom stereocenters. The Labute approximate surface area is 355 Å². The average Bonchev–Trinajstić information content (AvgIpc) is 3.85. The monoisotopic (exact) mass is 954 g/mol. The predicted octanol–water partition coefficient (Wildman–Crippen LogP) is 11.1. The molecular formula is C49H59IrN5OSi-2. The van der Waals surface area contributed by atoms with E-state index in [-0.39, 0.29) is 26.2 Å². The van der Waals surface area contributed by atoms with Crippen LogP contribution in [0.2, 0.25) is 19.6 Å². The smallest absolute Gasteiger partial charge is 0.135 e. The van der Waals surface area contributed by atoms with Gasteiger partial charge in [0.2, 0.25) is 0 Å². The first kappa shape index (κ1) is 41.6. The number of hydrogen-bond acceptors (Lipinski definition) is 6. The first-order chi connectivity index (χ1) is 27.2. The van der Waals surface area contributed by atoms with E-state index in [4.69, 9.17) is 9.72 Å². The quantitative estimate of drug-likeness (QED) is 0.114. The molecule has 8 heteroatoms. The molecule has 3 aromatic heterocycles. The zero-order valence-corrected chi connectivity index (χ0v) is 38.0. The molecule has 3 unspecified atom stereocenters. The molecule has 3 fully saturated rings. The molecule has 4 heterocycles. The number of hydrogen-bond donors (Lipinski definition) is 0. The Bertz CT molecular complexity index is 2090. The Morgan fingerprint density at radius 2 is 1.46 bits per heavy atom. The minimum absolute atomic E-state index is 0. The Morgan fingerprint density at radius 3 is 2.18 bits per heavy atom. The second kappa shape index (κ2) is 18.6. The molecule has 1 radical (unpaired) electrons. The molecule has 3 saturated carbocycles. The summed E-state index contributed by atoms with van der Waals surface area (Å²) in [5.74, 6) is 6.00. The molecule has 6 nitrogen and oxygen atoms in total. The molecule has 0 bridgehead atoms. The predicted molar refractivity (Wildman–Crippen MR) is 229 cm³/mol. The van der Waals surface area contributed by atoms with Gasteiger partial charge in [0.1, 0.15) is 17.5 Å². The normalized spacial score (nSPS) is 20.8. The van der Waals surface area contributed by atoms with Crippen LogP contribution in [-0.4, -0.2) is 39.1 Å². The third kappa shape index (κ3) is 10.2. The Morgan fingerprint density at radius 1 is 0.737 bits per heavy atom. The van der Waals surface area contributed by atoms with Gasteiger partial charge in [-0.1, -0.05) is 106 Å². The molecule has 0 saturated heterocycles. The molecule has 4 aliphatic rings. The van der Waals surface area contributed by atoms with E-state index in [1.165, 1.54) is 81.8 Å². The molecule has 301 valence electrons. The van der Waals surface area contributed by atoms with Crippen molar-refractivity contribution >= 4 is 13.3 Å². The van der Waals surface area contributed by atoms with Crippen LogP contribution in [0.15, 0.2) is 67.0 Å². The first-order valence-corrected chi connectivity index (χ1v) is 25.0. The number of benzene rings is 2. The summed E-state index contributed by atoms with van der Waals surface area (Å²) < 4.78 is 6.44. The van der Waals surface area contributed by atoms with E-state index >= 15 is 0 Å². The molecular weight excluding hydrogens is 895 g/mol. The van der Waals surface area contributed by atoms with Gasteiger partial charge >= 0.3 is 0 Å². The minimum Gasteiger partial charge on any atom is -0.510 e. The third-order valence-corrected chi connectivity index (χ3v) is 14.8. The topological polar surface area (TPSA) is 73.7 Å². The Kier molecular flexibility index (Phi) is 13.5. The van der Waals surface area contributed by atoms with E-state index < -0.39 is 8.07 Å². The van der Waals surface area contributed by atoms with Crippen LogP contribution in [0.5, 0.6) is 5.75 Å². The van der Waals surface area contributed by atoms with Gasteiger partial charge in [0, 0.05) is 44.2 Å². The summed E-state index contributed by atoms with van der Waals surface area (Å²) in [5, 5.41) is 1.54. The number of rotatable bonds is 8. The number of pyridine rings is 2. The first-order valence-electron chi connectivity index (χ1n) is 21.5. The molecule has 0 spiro atoms. The molecule has 0 amide bonds. The van der Waals surface area contributed by atoms with E-state index in [1.807, 2.05) is 32.2 Å². The second-order valence-electron chi connectivity index (χ2n) is 18.1. The molecule has 57 heavy (non-hydrogen) atoms. The van der Waals surface area contributed by atoms with Crippen molar-refractivity contribution in [3.8, 4) is 28.3 Å². The zero-order valence-electron chi connectivity index (χ0n) is 34.6. The maximum Gasteiger partial charge on any atom is 0.135 e. The summed E-state index contributed by atoms with van der Waals surface area (Å²) in [6.45, 7) is 11.2. The maximum atomic E-state index is 6.44. The van der Waals surface area contributed by atoms with Crippen LogP contribution in [0.4, 0.5) is 0 Å². The zero-order chi connectivity index (χ0) is 38.6. The largest absolute Gasteiger partial charge is 0.510 e. The SMILES string of the molecule is C[Si](C)(C)c1cnc(-c2[c-]cccc2)cc1CC1CCCCC1.Cc1nc(C)nc(C2CCC3Oc4cc(-c5cc(CC6CCCC6)ccn5)[c-]cc4C3C2)n1.[Ir]. The molecule has 0 N–H and O–H groups in total. The standard InChI is InChI=1S/C28H31N4O.C21H28NSi.Ir/c1-17-30-18(2)32-28(31-17)22-8-10-26-24(15-22)23-9-7-21(16-27(23)33-26)25-14-20(11-12-29-25)13-19-5-3-4-6-19;1-23(2,3)21-16-22-20(18-12-8-5-9-13-18)15-19(21)14-17-10-6-4-7-11-17;/h9,11-12,14,16,19,22,24,26H,3-6,8,10,13,15H2,1-2H3;5,8-9,12,15-17H,4,6-7,10-11,14H2,1-3H3;/q2*-1;. The molecule has 2 aromatic carbocycles. The summed E-state index contributed by atoms with van der Waals surface area (Å²) in [6.07, 6.45) is 22.4. The average molecular weight is 954 g/mol. The number of aromatic nitrogens is 5. The second-order valence-corrected chi connectivity index (χ2v) is 23.1. The molecule has 3 aliphatic carbocycles. The van der Waals surface area contributed by atoms with Gasteiger partial charge in [-0.25, -0.2) is 15.0 Å². The van der Waals surface area contributed by atoms with Crippen molar-refractivity contribution in [1.29, 1.82) is 0 Å². The van der Waals surface area contributed by atoms with E-state index in [0.29, 0.717) is 11.8 Å². The van der Waals surface area contributed by atoms with Crippen molar-refractivity contribution in [2.45, 2.75) is 141 Å². The van der Waals surface area contributed by atoms with E-state index in [0.717, 1.165) is 76.8 Å². The molecule has 9 rings (SSSR count). The van der Waals surface area contributed by atoms with Crippen molar-refractivity contribution < 1.29 is 24.8 Å². The maximum absolute atomic E-state index is 6.44. The Balaban J connectivity index is 0.000000183. The van der Waals surface area contributed by atoms with Crippen molar-refractivity contribution in [1.82, 2.24) is 24.9 Å². The van der Waals surface area contributed by atoms with E-state index in [2.05, 4.69) is 100 Å². The van der Waals surface area contributed by atoms with Gasteiger partial charge in [0.25, 0.3) is 0 Å². The number of nitrogens with zero attached hydrogens (tertiary/aromatic N) is 5. The van der Waals surface area contributed by atoms with Gasteiger partial charge < -0.3 is 14.7 Å². The molecule has 5 aromatic rings. The van der Waals surface area contributed by atoms with Crippen molar-refractivity contribution in [3.63, 3.8) is 0 Å². The fourth-order valence-electron chi connectivity index (χ4n) is 9.89. The summed E-state index contributed by atoms with van der Waals surface area (Å²) in [6, 6.07) is 26.1. The number of fused-ring (bicyclic) bond motifs is 3. The molecule has 1 aliphatic heterocycles. The van der Waals surface area contributed by atoms with E-state index in [9.17, 15) is 0 Å². The summed E-state index contributed by atoms with van der Waals surface area (Å²) in [5.41, 5.74) is 8.44. The van der Waals surface area contributed by atoms with Crippen LogP contribution < -0.4 is 9.92 Å². The van der Waals surface area contributed by atoms with Crippen molar-refractivity contribution in [2.24, 2.45) is 11.8 Å². The van der Waals surface area contributed by atoms with Crippen LogP contribution >= 0.6 is 0 Å². The van der Waals surface area contributed by atoms with Gasteiger partial charge in [-0.05, 0) is 86.3 Å². The summed E-state index contributed by atoms with van der Waals surface area (Å²) >= 11 is 0. The fraction of sp³-hybridized carbons (Fsp3) is 0.490. The van der Waals surface area contributed by atoms with Crippen LogP contribution in [0.25, 0.3) is 22.5 Å². The Hall–Kier alpha value is -3.58. The van der Waals surface area contributed by atoms with Crippen molar-refractivity contribution in [3.05, 3.63) is 113 Å². The van der Waals surface area contributed by atoms with Crippen molar-refractivity contribution in [2.75, 3.05) is 0 Å². The van der Waals surface area contributed by atoms with Gasteiger partial charge in [0.15, 0.2) is 0 Å². The minimum atomic E-state index is -1.36. The van der Waals surface area contributed by atoms with Gasteiger partial charge in [-0.2, -0.15) is 0 Å². The van der Waals surface area contributed by atoms with E-state index in [1.54, 1.807) is 10.8 Å². The van der Waals surface area contributed by atoms with Crippen LogP contribution in [0, 0.1) is 37.8 Å². The van der Waals surface area contributed by atoms with Gasteiger partial charge in [-0.15, -0.1) is 59.7 Å². The third-order valence-electron chi connectivity index (χ3n) is 12.8. The van der Waals surface area contributed by atoms with Gasteiger partial charge in [0.05, 0.1) is 14.2 Å².